The van der Waals surface area contributed by atoms with Gasteiger partial charge in [0, 0.05) is 5.56 Å². The van der Waals surface area contributed by atoms with Crippen molar-refractivity contribution >= 4 is 5.91 Å². The minimum absolute atomic E-state index is 0.179. The van der Waals surface area contributed by atoms with Gasteiger partial charge in [-0.05, 0) is 32.0 Å². The Labute approximate surface area is 114 Å². The Morgan fingerprint density at radius 3 is 2.90 bits per heavy atom. The van der Waals surface area contributed by atoms with Gasteiger partial charge in [0.05, 0.1) is 0 Å². The number of fused-ring (bicyclic) bond motifs is 1. The molecule has 0 unspecified atom stereocenters. The van der Waals surface area contributed by atoms with Gasteiger partial charge in [0.2, 0.25) is 12.7 Å². The molecule has 0 fully saturated rings. The van der Waals surface area contributed by atoms with E-state index in [0.717, 1.165) is 0 Å². The summed E-state index contributed by atoms with van der Waals surface area (Å²) in [5.74, 6) is 1.87. The maximum atomic E-state index is 12.1. The second kappa shape index (κ2) is 4.84. The van der Waals surface area contributed by atoms with E-state index in [1.807, 2.05) is 0 Å². The highest BCUT2D eigenvalue weighted by atomic mass is 16.7. The summed E-state index contributed by atoms with van der Waals surface area (Å²) >= 11 is 0. The van der Waals surface area contributed by atoms with Gasteiger partial charge in [-0.3, -0.25) is 4.79 Å². The number of aromatic nitrogens is 2. The standard InChI is InChI=1S/C13H13N3O4/c1-7(13-15-8(2)16-20-13)14-12(17)9-3-4-10-11(5-9)19-6-18-10/h3-5,7H,6H2,1-2H3,(H,14,17)/t7-/m0/s1. The zero-order chi connectivity index (χ0) is 14.1. The van der Waals surface area contributed by atoms with Crippen LogP contribution in [-0.2, 0) is 0 Å². The molecule has 0 saturated carbocycles. The summed E-state index contributed by atoms with van der Waals surface area (Å²) in [7, 11) is 0. The fourth-order valence-electron chi connectivity index (χ4n) is 1.87. The van der Waals surface area contributed by atoms with E-state index in [9.17, 15) is 4.79 Å². The summed E-state index contributed by atoms with van der Waals surface area (Å²) in [6.07, 6.45) is 0. The van der Waals surface area contributed by atoms with Crippen molar-refractivity contribution in [2.75, 3.05) is 6.79 Å². The third-order valence-electron chi connectivity index (χ3n) is 2.90. The predicted molar refractivity (Wildman–Crippen MR) is 67.5 cm³/mol. The Morgan fingerprint density at radius 2 is 2.15 bits per heavy atom. The maximum Gasteiger partial charge on any atom is 0.252 e. The average Bonchev–Trinajstić information content (AvgIpc) is 3.05. The highest BCUT2D eigenvalue weighted by molar-refractivity contribution is 5.95. The number of benzene rings is 1. The van der Waals surface area contributed by atoms with Crippen molar-refractivity contribution in [2.45, 2.75) is 19.9 Å². The van der Waals surface area contributed by atoms with E-state index in [2.05, 4.69) is 15.5 Å². The zero-order valence-electron chi connectivity index (χ0n) is 11.0. The van der Waals surface area contributed by atoms with Crippen LogP contribution in [0.2, 0.25) is 0 Å². The average molecular weight is 275 g/mol. The van der Waals surface area contributed by atoms with Crippen LogP contribution < -0.4 is 14.8 Å². The number of carbonyl (C=O) groups is 1. The van der Waals surface area contributed by atoms with E-state index in [-0.39, 0.29) is 18.7 Å². The lowest BCUT2D eigenvalue weighted by Crippen LogP contribution is -2.26. The summed E-state index contributed by atoms with van der Waals surface area (Å²) in [5.41, 5.74) is 0.484. The zero-order valence-corrected chi connectivity index (χ0v) is 11.0. The quantitative estimate of drug-likeness (QED) is 0.915. The Morgan fingerprint density at radius 1 is 1.35 bits per heavy atom. The largest absolute Gasteiger partial charge is 0.454 e. The lowest BCUT2D eigenvalue weighted by Gasteiger charge is -2.10. The van der Waals surface area contributed by atoms with Crippen LogP contribution >= 0.6 is 0 Å². The first-order chi connectivity index (χ1) is 9.63. The van der Waals surface area contributed by atoms with E-state index in [1.54, 1.807) is 32.0 Å². The number of amides is 1. The molecule has 20 heavy (non-hydrogen) atoms. The van der Waals surface area contributed by atoms with Gasteiger partial charge in [-0.2, -0.15) is 4.98 Å². The van der Waals surface area contributed by atoms with Gasteiger partial charge in [-0.15, -0.1) is 0 Å². The van der Waals surface area contributed by atoms with Crippen LogP contribution in [0.15, 0.2) is 22.7 Å². The molecule has 0 aliphatic carbocycles. The number of hydrogen-bond acceptors (Lipinski definition) is 6. The molecule has 0 radical (unpaired) electrons. The number of hydrogen-bond donors (Lipinski definition) is 1. The molecule has 104 valence electrons. The molecule has 1 aliphatic rings. The van der Waals surface area contributed by atoms with E-state index in [1.165, 1.54) is 0 Å². The maximum absolute atomic E-state index is 12.1. The van der Waals surface area contributed by atoms with Crippen molar-refractivity contribution in [1.29, 1.82) is 0 Å². The van der Waals surface area contributed by atoms with Gasteiger partial charge >= 0.3 is 0 Å². The van der Waals surface area contributed by atoms with Crippen LogP contribution in [0.1, 0.15) is 35.0 Å². The first-order valence-corrected chi connectivity index (χ1v) is 6.14. The van der Waals surface area contributed by atoms with Gasteiger partial charge < -0.3 is 19.3 Å². The number of aryl methyl sites for hydroxylation is 1. The van der Waals surface area contributed by atoms with E-state index >= 15 is 0 Å². The molecule has 7 nitrogen and oxygen atoms in total. The number of carbonyl (C=O) groups excluding carboxylic acids is 1. The van der Waals surface area contributed by atoms with Gasteiger partial charge in [0.15, 0.2) is 17.3 Å². The monoisotopic (exact) mass is 275 g/mol. The third-order valence-corrected chi connectivity index (χ3v) is 2.90. The molecule has 1 N–H and O–H groups in total. The second-order valence-corrected chi connectivity index (χ2v) is 4.44. The number of ether oxygens (including phenoxy) is 2. The van der Waals surface area contributed by atoms with Crippen molar-refractivity contribution < 1.29 is 18.8 Å². The normalized spacial score (nSPS) is 14.1. The minimum Gasteiger partial charge on any atom is -0.454 e. The van der Waals surface area contributed by atoms with Crippen molar-refractivity contribution in [3.63, 3.8) is 0 Å². The first kappa shape index (κ1) is 12.5. The van der Waals surface area contributed by atoms with Gasteiger partial charge in [0.25, 0.3) is 5.91 Å². The van der Waals surface area contributed by atoms with Crippen molar-refractivity contribution in [3.05, 3.63) is 35.5 Å². The highest BCUT2D eigenvalue weighted by Gasteiger charge is 2.19. The SMILES string of the molecule is Cc1noc([C@H](C)NC(=O)c2ccc3c(c2)OCO3)n1. The molecule has 1 aromatic carbocycles. The molecule has 7 heteroatoms. The first-order valence-electron chi connectivity index (χ1n) is 6.14. The van der Waals surface area contributed by atoms with Crippen LogP contribution in [0.3, 0.4) is 0 Å². The van der Waals surface area contributed by atoms with Crippen molar-refractivity contribution in [1.82, 2.24) is 15.5 Å². The molecule has 0 saturated heterocycles. The summed E-state index contributed by atoms with van der Waals surface area (Å²) in [4.78, 5) is 16.2. The summed E-state index contributed by atoms with van der Waals surface area (Å²) in [6.45, 7) is 3.68. The molecule has 2 heterocycles. The van der Waals surface area contributed by atoms with Crippen molar-refractivity contribution in [2.24, 2.45) is 0 Å². The summed E-state index contributed by atoms with van der Waals surface area (Å²) in [6, 6.07) is 4.66. The summed E-state index contributed by atoms with van der Waals surface area (Å²) in [5, 5.41) is 6.48. The Hall–Kier alpha value is -2.57. The highest BCUT2D eigenvalue weighted by Crippen LogP contribution is 2.32. The topological polar surface area (TPSA) is 86.5 Å². The molecule has 3 rings (SSSR count). The van der Waals surface area contributed by atoms with Gasteiger partial charge in [-0.25, -0.2) is 0 Å². The van der Waals surface area contributed by atoms with Gasteiger partial charge in [0.1, 0.15) is 6.04 Å². The van der Waals surface area contributed by atoms with Gasteiger partial charge in [-0.1, -0.05) is 5.16 Å². The molecule has 1 atom stereocenters. The Kier molecular flexibility index (Phi) is 3.02. The fraction of sp³-hybridized carbons (Fsp3) is 0.308. The molecule has 0 bridgehead atoms. The van der Waals surface area contributed by atoms with Crippen LogP contribution in [0.25, 0.3) is 0 Å². The molecule has 2 aromatic rings. The van der Waals surface area contributed by atoms with Crippen LogP contribution in [0.5, 0.6) is 11.5 Å². The smallest absolute Gasteiger partial charge is 0.252 e. The Balaban J connectivity index is 1.73. The molecule has 1 aromatic heterocycles. The van der Waals surface area contributed by atoms with Crippen LogP contribution in [0.4, 0.5) is 0 Å². The lowest BCUT2D eigenvalue weighted by molar-refractivity contribution is 0.0932. The Bertz CT molecular complexity index is 653. The van der Waals surface area contributed by atoms with E-state index < -0.39 is 0 Å². The van der Waals surface area contributed by atoms with Crippen molar-refractivity contribution in [3.8, 4) is 11.5 Å². The molecule has 0 spiro atoms. The fourth-order valence-corrected chi connectivity index (χ4v) is 1.87. The molecule has 1 amide bonds. The summed E-state index contributed by atoms with van der Waals surface area (Å²) < 4.78 is 15.5. The minimum atomic E-state index is -0.367. The second-order valence-electron chi connectivity index (χ2n) is 4.44. The lowest BCUT2D eigenvalue weighted by atomic mass is 10.1. The number of nitrogens with one attached hydrogen (secondary N) is 1. The molecule has 1 aliphatic heterocycles. The van der Waals surface area contributed by atoms with Crippen LogP contribution in [0, 0.1) is 6.92 Å². The number of nitrogens with zero attached hydrogens (tertiary/aromatic N) is 2. The molecular formula is C13H13N3O4. The van der Waals surface area contributed by atoms with Crippen LogP contribution in [-0.4, -0.2) is 22.8 Å². The predicted octanol–water partition coefficient (Wildman–Crippen LogP) is 1.60. The third kappa shape index (κ3) is 2.29. The number of rotatable bonds is 3. The van der Waals surface area contributed by atoms with E-state index in [4.69, 9.17) is 14.0 Å². The molecular weight excluding hydrogens is 262 g/mol. The van der Waals surface area contributed by atoms with E-state index in [0.29, 0.717) is 28.8 Å².